The van der Waals surface area contributed by atoms with E-state index in [4.69, 9.17) is 32.7 Å². The zero-order valence-electron chi connectivity index (χ0n) is 21.4. The van der Waals surface area contributed by atoms with Crippen LogP contribution in [0.4, 0.5) is 11.4 Å². The van der Waals surface area contributed by atoms with E-state index in [1.165, 1.54) is 25.1 Å². The molecule has 0 aliphatic carbocycles. The van der Waals surface area contributed by atoms with Crippen molar-refractivity contribution in [3.05, 3.63) is 112 Å². The number of sulfonamides is 1. The second kappa shape index (κ2) is 12.4. The fourth-order valence-corrected chi connectivity index (χ4v) is 4.90. The number of nitrogens with one attached hydrogen (secondary N) is 2. The number of carbonyl (C=O) groups excluding carboxylic acids is 2. The van der Waals surface area contributed by atoms with E-state index in [9.17, 15) is 18.0 Å². The maximum Gasteiger partial charge on any atom is 0.340 e. The minimum Gasteiger partial charge on any atom is -0.457 e. The van der Waals surface area contributed by atoms with Crippen LogP contribution in [0.15, 0.2) is 95.9 Å². The Morgan fingerprint density at radius 3 is 2.12 bits per heavy atom. The highest BCUT2D eigenvalue weighted by Gasteiger charge is 2.24. The Morgan fingerprint density at radius 1 is 0.800 bits per heavy atom. The quantitative estimate of drug-likeness (QED) is 0.199. The molecule has 1 amide bonds. The number of hydrogen-bond acceptors (Lipinski definition) is 6. The van der Waals surface area contributed by atoms with Gasteiger partial charge >= 0.3 is 5.97 Å². The average Bonchev–Trinajstić information content (AvgIpc) is 2.92. The lowest BCUT2D eigenvalue weighted by Gasteiger charge is -2.15. The number of ether oxygens (including phenoxy) is 2. The monoisotopic (exact) mass is 598 g/mol. The van der Waals surface area contributed by atoms with Crippen LogP contribution in [0.1, 0.15) is 22.8 Å². The molecule has 0 radical (unpaired) electrons. The van der Waals surface area contributed by atoms with Crippen LogP contribution >= 0.6 is 23.2 Å². The predicted octanol–water partition coefficient (Wildman–Crippen LogP) is 7.08. The van der Waals surface area contributed by atoms with Crippen molar-refractivity contribution in [2.45, 2.75) is 24.8 Å². The molecule has 0 aliphatic rings. The van der Waals surface area contributed by atoms with E-state index in [2.05, 4.69) is 10.0 Å². The van der Waals surface area contributed by atoms with Gasteiger partial charge < -0.3 is 14.8 Å². The lowest BCUT2D eigenvalue weighted by molar-refractivity contribution is -0.123. The van der Waals surface area contributed by atoms with Crippen LogP contribution in [0.3, 0.4) is 0 Å². The molecule has 11 heteroatoms. The van der Waals surface area contributed by atoms with Crippen molar-refractivity contribution in [3.63, 3.8) is 0 Å². The number of carbonyl (C=O) groups is 2. The number of rotatable bonds is 9. The lowest BCUT2D eigenvalue weighted by atomic mass is 10.2. The average molecular weight is 599 g/mol. The summed E-state index contributed by atoms with van der Waals surface area (Å²) in [5.74, 6) is -0.309. The van der Waals surface area contributed by atoms with Gasteiger partial charge in [0.05, 0.1) is 21.2 Å². The summed E-state index contributed by atoms with van der Waals surface area (Å²) in [5, 5.41) is 3.01. The molecule has 4 aromatic carbocycles. The van der Waals surface area contributed by atoms with Gasteiger partial charge in [-0.25, -0.2) is 13.2 Å². The van der Waals surface area contributed by atoms with E-state index in [0.29, 0.717) is 22.2 Å². The zero-order valence-corrected chi connectivity index (χ0v) is 23.7. The van der Waals surface area contributed by atoms with Crippen LogP contribution in [-0.4, -0.2) is 26.4 Å². The van der Waals surface area contributed by atoms with Crippen LogP contribution in [0, 0.1) is 6.92 Å². The highest BCUT2D eigenvalue weighted by atomic mass is 35.5. The van der Waals surface area contributed by atoms with E-state index in [0.717, 1.165) is 11.6 Å². The van der Waals surface area contributed by atoms with Gasteiger partial charge in [0.25, 0.3) is 15.9 Å². The van der Waals surface area contributed by atoms with Crippen LogP contribution in [-0.2, 0) is 19.6 Å². The molecule has 0 aliphatic heterocycles. The number of hydrogen-bond donors (Lipinski definition) is 2. The Morgan fingerprint density at radius 2 is 1.45 bits per heavy atom. The molecule has 4 rings (SSSR count). The minimum atomic E-state index is -4.09. The van der Waals surface area contributed by atoms with Crippen LogP contribution < -0.4 is 14.8 Å². The third-order valence-electron chi connectivity index (χ3n) is 5.65. The second-order valence-corrected chi connectivity index (χ2v) is 11.2. The number of halogens is 2. The van der Waals surface area contributed by atoms with Crippen molar-refractivity contribution < 1.29 is 27.5 Å². The standard InChI is InChI=1S/C29H24Cl2N2O6S/c1-18-8-9-21(16-27(18)31)33-40(36,37)24-14-15-26(30)25(17-24)29(35)38-19(2)28(34)32-20-10-12-23(13-11-20)39-22-6-4-3-5-7-22/h3-17,19,33H,1-2H3,(H,32,34)/t19-/m1/s1. The van der Waals surface area contributed by atoms with Crippen molar-refractivity contribution in [1.82, 2.24) is 0 Å². The summed E-state index contributed by atoms with van der Waals surface area (Å²) < 4.78 is 39.3. The van der Waals surface area contributed by atoms with Gasteiger partial charge in [0.15, 0.2) is 6.10 Å². The third-order valence-corrected chi connectivity index (χ3v) is 7.76. The molecule has 206 valence electrons. The Labute approximate surface area is 241 Å². The number of para-hydroxylation sites is 1. The van der Waals surface area contributed by atoms with Gasteiger partial charge in [-0.1, -0.05) is 47.5 Å². The van der Waals surface area contributed by atoms with Crippen LogP contribution in [0.2, 0.25) is 10.0 Å². The molecule has 0 saturated heterocycles. The van der Waals surface area contributed by atoms with Crippen LogP contribution in [0.25, 0.3) is 0 Å². The smallest absolute Gasteiger partial charge is 0.340 e. The highest BCUT2D eigenvalue weighted by molar-refractivity contribution is 7.92. The molecular weight excluding hydrogens is 575 g/mol. The molecular formula is C29H24Cl2N2O6S. The van der Waals surface area contributed by atoms with Crippen molar-refractivity contribution in [1.29, 1.82) is 0 Å². The number of benzene rings is 4. The predicted molar refractivity (Wildman–Crippen MR) is 155 cm³/mol. The van der Waals surface area contributed by atoms with Crippen molar-refractivity contribution in [3.8, 4) is 11.5 Å². The van der Waals surface area contributed by atoms with E-state index >= 15 is 0 Å². The molecule has 0 fully saturated rings. The number of amides is 1. The first kappa shape index (κ1) is 28.9. The summed E-state index contributed by atoms with van der Waals surface area (Å²) in [6, 6.07) is 24.2. The van der Waals surface area contributed by atoms with Gasteiger partial charge in [-0.2, -0.15) is 0 Å². The van der Waals surface area contributed by atoms with Crippen molar-refractivity contribution in [2.75, 3.05) is 10.0 Å². The summed E-state index contributed by atoms with van der Waals surface area (Å²) in [6.07, 6.45) is -1.21. The van der Waals surface area contributed by atoms with E-state index < -0.39 is 28.0 Å². The number of aryl methyl sites for hydroxylation is 1. The Kier molecular flexibility index (Phi) is 8.99. The first-order chi connectivity index (χ1) is 19.0. The summed E-state index contributed by atoms with van der Waals surface area (Å²) in [7, 11) is -4.09. The lowest BCUT2D eigenvalue weighted by Crippen LogP contribution is -2.30. The fourth-order valence-electron chi connectivity index (χ4n) is 3.45. The fraction of sp³-hybridized carbons (Fsp3) is 0.103. The number of esters is 1. The Hall–Kier alpha value is -4.05. The van der Waals surface area contributed by atoms with E-state index in [-0.39, 0.29) is 21.2 Å². The Balaban J connectivity index is 1.40. The van der Waals surface area contributed by atoms with Crippen LogP contribution in [0.5, 0.6) is 11.5 Å². The maximum atomic E-state index is 12.9. The highest BCUT2D eigenvalue weighted by Crippen LogP contribution is 2.26. The molecule has 0 saturated carbocycles. The summed E-state index contributed by atoms with van der Waals surface area (Å²) in [4.78, 5) is 25.3. The van der Waals surface area contributed by atoms with E-state index in [1.807, 2.05) is 30.3 Å². The van der Waals surface area contributed by atoms with Gasteiger partial charge in [-0.15, -0.1) is 0 Å². The summed E-state index contributed by atoms with van der Waals surface area (Å²) in [5.41, 5.74) is 1.28. The van der Waals surface area contributed by atoms with Gasteiger partial charge in [-0.3, -0.25) is 9.52 Å². The maximum absolute atomic E-state index is 12.9. The molecule has 2 N–H and O–H groups in total. The van der Waals surface area contributed by atoms with Gasteiger partial charge in [0.2, 0.25) is 0 Å². The second-order valence-electron chi connectivity index (χ2n) is 8.69. The first-order valence-corrected chi connectivity index (χ1v) is 14.2. The zero-order chi connectivity index (χ0) is 28.9. The van der Waals surface area contributed by atoms with Crippen molar-refractivity contribution >= 4 is 56.5 Å². The van der Waals surface area contributed by atoms with Crippen molar-refractivity contribution in [2.24, 2.45) is 0 Å². The molecule has 40 heavy (non-hydrogen) atoms. The van der Waals surface area contributed by atoms with Gasteiger partial charge in [-0.05, 0) is 86.1 Å². The van der Waals surface area contributed by atoms with E-state index in [1.54, 1.807) is 43.3 Å². The number of anilines is 2. The molecule has 0 bridgehead atoms. The topological polar surface area (TPSA) is 111 Å². The summed E-state index contributed by atoms with van der Waals surface area (Å²) in [6.45, 7) is 3.17. The SMILES string of the molecule is Cc1ccc(NS(=O)(=O)c2ccc(Cl)c(C(=O)O[C@H](C)C(=O)Nc3ccc(Oc4ccccc4)cc3)c2)cc1Cl. The molecule has 4 aromatic rings. The Bertz CT molecular complexity index is 1650. The molecule has 8 nitrogen and oxygen atoms in total. The molecule has 0 aromatic heterocycles. The molecule has 0 spiro atoms. The van der Waals surface area contributed by atoms with Gasteiger partial charge in [0.1, 0.15) is 11.5 Å². The molecule has 0 unspecified atom stereocenters. The first-order valence-electron chi connectivity index (χ1n) is 12.0. The molecule has 0 heterocycles. The largest absolute Gasteiger partial charge is 0.457 e. The molecule has 1 atom stereocenters. The van der Waals surface area contributed by atoms with Gasteiger partial charge in [0, 0.05) is 10.7 Å². The normalized spacial score (nSPS) is 11.8. The minimum absolute atomic E-state index is 0.0380. The third kappa shape index (κ3) is 7.32. The summed E-state index contributed by atoms with van der Waals surface area (Å²) >= 11 is 12.2.